The molecular formula is C10H12N2O4S. The van der Waals surface area contributed by atoms with E-state index in [9.17, 15) is 14.9 Å². The van der Waals surface area contributed by atoms with E-state index in [-0.39, 0.29) is 23.3 Å². The lowest BCUT2D eigenvalue weighted by molar-refractivity contribution is -0.388. The third kappa shape index (κ3) is 4.03. The Labute approximate surface area is 103 Å². The normalized spacial score (nSPS) is 11.9. The van der Waals surface area contributed by atoms with E-state index in [4.69, 9.17) is 0 Å². The Balaban J connectivity index is 2.74. The van der Waals surface area contributed by atoms with Gasteiger partial charge in [-0.3, -0.25) is 19.9 Å². The maximum absolute atomic E-state index is 11.0. The molecule has 1 unspecified atom stereocenters. The van der Waals surface area contributed by atoms with Gasteiger partial charge in [0.15, 0.2) is 0 Å². The minimum Gasteiger partial charge on any atom is -0.469 e. The van der Waals surface area contributed by atoms with Gasteiger partial charge in [-0.25, -0.2) is 0 Å². The second kappa shape index (κ2) is 6.19. The SMILES string of the molecule is COC(=O)CC(C)Sc1ccncc1[N+](=O)[O-]. The molecule has 0 radical (unpaired) electrons. The minimum absolute atomic E-state index is 0.0470. The maximum atomic E-state index is 11.0. The first-order valence-electron chi connectivity index (χ1n) is 4.86. The zero-order valence-electron chi connectivity index (χ0n) is 9.45. The Morgan fingerprint density at radius 3 is 3.00 bits per heavy atom. The molecular weight excluding hydrogens is 244 g/mol. The third-order valence-corrected chi connectivity index (χ3v) is 3.14. The predicted molar refractivity (Wildman–Crippen MR) is 62.8 cm³/mol. The summed E-state index contributed by atoms with van der Waals surface area (Å²) in [6, 6.07) is 1.57. The van der Waals surface area contributed by atoms with Crippen molar-refractivity contribution in [2.75, 3.05) is 7.11 Å². The van der Waals surface area contributed by atoms with Crippen molar-refractivity contribution in [2.45, 2.75) is 23.5 Å². The number of thioether (sulfide) groups is 1. The van der Waals surface area contributed by atoms with Crippen molar-refractivity contribution in [3.8, 4) is 0 Å². The monoisotopic (exact) mass is 256 g/mol. The van der Waals surface area contributed by atoms with Gasteiger partial charge in [0.2, 0.25) is 0 Å². The number of ether oxygens (including phenoxy) is 1. The van der Waals surface area contributed by atoms with Gasteiger partial charge in [-0.2, -0.15) is 0 Å². The van der Waals surface area contributed by atoms with Crippen molar-refractivity contribution < 1.29 is 14.5 Å². The molecule has 7 heteroatoms. The number of rotatable bonds is 5. The summed E-state index contributed by atoms with van der Waals surface area (Å²) in [5.41, 5.74) is -0.0470. The van der Waals surface area contributed by atoms with Gasteiger partial charge in [0.25, 0.3) is 0 Å². The summed E-state index contributed by atoms with van der Waals surface area (Å²) in [6.45, 7) is 1.81. The number of carbonyl (C=O) groups excluding carboxylic acids is 1. The largest absolute Gasteiger partial charge is 0.469 e. The highest BCUT2D eigenvalue weighted by Gasteiger charge is 2.18. The standard InChI is InChI=1S/C10H12N2O4S/c1-7(5-10(13)16-2)17-9-3-4-11-6-8(9)12(14)15/h3-4,6-7H,5H2,1-2H3. The summed E-state index contributed by atoms with van der Waals surface area (Å²) in [4.78, 5) is 25.5. The number of hydrogen-bond acceptors (Lipinski definition) is 6. The smallest absolute Gasteiger partial charge is 0.306 e. The first-order chi connectivity index (χ1) is 8.04. The summed E-state index contributed by atoms with van der Waals surface area (Å²) in [7, 11) is 1.31. The zero-order chi connectivity index (χ0) is 12.8. The third-order valence-electron chi connectivity index (χ3n) is 1.97. The highest BCUT2D eigenvalue weighted by Crippen LogP contribution is 2.32. The fraction of sp³-hybridized carbons (Fsp3) is 0.400. The topological polar surface area (TPSA) is 82.3 Å². The zero-order valence-corrected chi connectivity index (χ0v) is 10.3. The Kier molecular flexibility index (Phi) is 4.89. The summed E-state index contributed by atoms with van der Waals surface area (Å²) >= 11 is 1.26. The molecule has 1 aromatic heterocycles. The van der Waals surface area contributed by atoms with Crippen LogP contribution >= 0.6 is 11.8 Å². The number of hydrogen-bond donors (Lipinski definition) is 0. The predicted octanol–water partition coefficient (Wildman–Crippen LogP) is 2.03. The van der Waals surface area contributed by atoms with Gasteiger partial charge >= 0.3 is 11.7 Å². The summed E-state index contributed by atoms with van der Waals surface area (Å²) in [5, 5.41) is 10.6. The number of aromatic nitrogens is 1. The van der Waals surface area contributed by atoms with E-state index in [1.54, 1.807) is 6.07 Å². The van der Waals surface area contributed by atoms with Crippen LogP contribution in [0.25, 0.3) is 0 Å². The van der Waals surface area contributed by atoms with E-state index in [0.717, 1.165) is 0 Å². The van der Waals surface area contributed by atoms with Gasteiger partial charge in [0, 0.05) is 11.4 Å². The molecule has 1 aromatic rings. The molecule has 0 bridgehead atoms. The van der Waals surface area contributed by atoms with Crippen LogP contribution in [-0.2, 0) is 9.53 Å². The number of carbonyl (C=O) groups is 1. The molecule has 1 atom stereocenters. The lowest BCUT2D eigenvalue weighted by atomic mass is 10.3. The van der Waals surface area contributed by atoms with Crippen molar-refractivity contribution in [3.63, 3.8) is 0 Å². The first kappa shape index (κ1) is 13.4. The molecule has 0 saturated carbocycles. The van der Waals surface area contributed by atoms with Crippen LogP contribution in [-0.4, -0.2) is 28.2 Å². The van der Waals surface area contributed by atoms with E-state index < -0.39 is 4.92 Å². The van der Waals surface area contributed by atoms with Gasteiger partial charge in [-0.15, -0.1) is 11.8 Å². The second-order valence-corrected chi connectivity index (χ2v) is 4.79. The van der Waals surface area contributed by atoms with Gasteiger partial charge in [0.1, 0.15) is 6.20 Å². The van der Waals surface area contributed by atoms with Crippen LogP contribution in [0.2, 0.25) is 0 Å². The number of esters is 1. The van der Waals surface area contributed by atoms with E-state index >= 15 is 0 Å². The van der Waals surface area contributed by atoms with Gasteiger partial charge in [0.05, 0.1) is 23.3 Å². The minimum atomic E-state index is -0.486. The highest BCUT2D eigenvalue weighted by atomic mass is 32.2. The van der Waals surface area contributed by atoms with Crippen LogP contribution in [0.5, 0.6) is 0 Å². The number of nitrogens with zero attached hydrogens (tertiary/aromatic N) is 2. The van der Waals surface area contributed by atoms with E-state index in [0.29, 0.717) is 4.90 Å². The van der Waals surface area contributed by atoms with Gasteiger partial charge in [-0.05, 0) is 6.07 Å². The van der Waals surface area contributed by atoms with Crippen LogP contribution in [0.3, 0.4) is 0 Å². The van der Waals surface area contributed by atoms with E-state index in [2.05, 4.69) is 9.72 Å². The number of pyridine rings is 1. The molecule has 1 heterocycles. The molecule has 6 nitrogen and oxygen atoms in total. The van der Waals surface area contributed by atoms with Gasteiger partial charge < -0.3 is 4.74 Å². The molecule has 17 heavy (non-hydrogen) atoms. The Bertz CT molecular complexity index is 425. The number of methoxy groups -OCH3 is 1. The summed E-state index contributed by atoms with van der Waals surface area (Å²) in [6.07, 6.45) is 2.90. The Morgan fingerprint density at radius 2 is 2.41 bits per heavy atom. The Morgan fingerprint density at radius 1 is 1.71 bits per heavy atom. The van der Waals surface area contributed by atoms with Crippen molar-refractivity contribution >= 4 is 23.4 Å². The highest BCUT2D eigenvalue weighted by molar-refractivity contribution is 8.00. The fourth-order valence-electron chi connectivity index (χ4n) is 1.19. The molecule has 0 aliphatic heterocycles. The van der Waals surface area contributed by atoms with Crippen LogP contribution in [0.1, 0.15) is 13.3 Å². The fourth-order valence-corrected chi connectivity index (χ4v) is 2.23. The molecule has 0 aliphatic rings. The second-order valence-electron chi connectivity index (χ2n) is 3.31. The molecule has 0 aromatic carbocycles. The average molecular weight is 256 g/mol. The lowest BCUT2D eigenvalue weighted by Gasteiger charge is -2.09. The molecule has 0 spiro atoms. The van der Waals surface area contributed by atoms with Crippen molar-refractivity contribution in [1.29, 1.82) is 0 Å². The van der Waals surface area contributed by atoms with Crippen LogP contribution in [0.15, 0.2) is 23.4 Å². The van der Waals surface area contributed by atoms with Crippen LogP contribution in [0, 0.1) is 10.1 Å². The molecule has 92 valence electrons. The molecule has 0 N–H and O–H groups in total. The Hall–Kier alpha value is -1.63. The molecule has 0 amide bonds. The van der Waals surface area contributed by atoms with Gasteiger partial charge in [-0.1, -0.05) is 6.92 Å². The first-order valence-corrected chi connectivity index (χ1v) is 5.74. The van der Waals surface area contributed by atoms with E-state index in [1.165, 1.54) is 31.3 Å². The van der Waals surface area contributed by atoms with Crippen molar-refractivity contribution in [2.24, 2.45) is 0 Å². The average Bonchev–Trinajstić information content (AvgIpc) is 2.29. The summed E-state index contributed by atoms with van der Waals surface area (Å²) in [5.74, 6) is -0.332. The molecule has 0 fully saturated rings. The lowest BCUT2D eigenvalue weighted by Crippen LogP contribution is -2.08. The van der Waals surface area contributed by atoms with E-state index in [1.807, 2.05) is 6.92 Å². The molecule has 1 rings (SSSR count). The van der Waals surface area contributed by atoms with Crippen molar-refractivity contribution in [3.05, 3.63) is 28.6 Å². The number of nitro groups is 1. The van der Waals surface area contributed by atoms with Crippen molar-refractivity contribution in [1.82, 2.24) is 4.98 Å². The van der Waals surface area contributed by atoms with Crippen LogP contribution < -0.4 is 0 Å². The maximum Gasteiger partial charge on any atom is 0.306 e. The summed E-state index contributed by atoms with van der Waals surface area (Å²) < 4.78 is 4.54. The molecule has 0 saturated heterocycles. The van der Waals surface area contributed by atoms with Crippen LogP contribution in [0.4, 0.5) is 5.69 Å². The quantitative estimate of drug-likeness (QED) is 0.347. The molecule has 0 aliphatic carbocycles.